The van der Waals surface area contributed by atoms with Crippen molar-refractivity contribution in [2.45, 2.75) is 0 Å². The van der Waals surface area contributed by atoms with Gasteiger partial charge in [-0.2, -0.15) is 0 Å². The third-order valence-corrected chi connectivity index (χ3v) is 3.67. The summed E-state index contributed by atoms with van der Waals surface area (Å²) in [5, 5.41) is -0.562. The fraction of sp³-hybridized carbons (Fsp3) is 0.0588. The third kappa shape index (κ3) is 2.64. The molecule has 0 aliphatic heterocycles. The van der Waals surface area contributed by atoms with E-state index in [0.29, 0.717) is 11.1 Å². The van der Waals surface area contributed by atoms with Crippen LogP contribution in [0.25, 0.3) is 22.2 Å². The van der Waals surface area contributed by atoms with E-state index in [1.165, 1.54) is 37.4 Å². The van der Waals surface area contributed by atoms with Crippen molar-refractivity contribution in [1.82, 2.24) is 4.98 Å². The van der Waals surface area contributed by atoms with Gasteiger partial charge in [-0.3, -0.25) is 4.79 Å². The number of nitrogens with zero attached hydrogens (tertiary/aromatic N) is 1. The van der Waals surface area contributed by atoms with Crippen LogP contribution in [0.1, 0.15) is 10.4 Å². The lowest BCUT2D eigenvalue weighted by atomic mass is 10.1. The molecule has 3 nitrogen and oxygen atoms in total. The van der Waals surface area contributed by atoms with Crippen LogP contribution in [0.2, 0.25) is 0 Å². The number of fused-ring (bicyclic) bond motifs is 1. The van der Waals surface area contributed by atoms with Crippen LogP contribution in [-0.2, 0) is 0 Å². The van der Waals surface area contributed by atoms with Gasteiger partial charge in [0.25, 0.3) is 5.24 Å². The summed E-state index contributed by atoms with van der Waals surface area (Å²) < 4.78 is 33.7. The van der Waals surface area contributed by atoms with Gasteiger partial charge >= 0.3 is 0 Å². The zero-order chi connectivity index (χ0) is 16.6. The number of rotatable bonds is 3. The molecule has 0 spiro atoms. The second kappa shape index (κ2) is 5.93. The Balaban J connectivity index is 2.36. The molecule has 6 heteroatoms. The van der Waals surface area contributed by atoms with Gasteiger partial charge < -0.3 is 4.74 Å². The Morgan fingerprint density at radius 3 is 2.57 bits per heavy atom. The van der Waals surface area contributed by atoms with Crippen LogP contribution >= 0.6 is 11.6 Å². The minimum absolute atomic E-state index is 0.103. The maximum atomic E-state index is 14.5. The van der Waals surface area contributed by atoms with E-state index in [1.807, 2.05) is 0 Å². The van der Waals surface area contributed by atoms with E-state index in [0.717, 1.165) is 0 Å². The van der Waals surface area contributed by atoms with E-state index in [9.17, 15) is 13.6 Å². The minimum atomic E-state index is -0.929. The molecular formula is C17H10ClF2NO2. The number of pyridine rings is 1. The largest absolute Gasteiger partial charge is 0.496 e. The lowest BCUT2D eigenvalue weighted by Gasteiger charge is -2.11. The number of hydrogen-bond donors (Lipinski definition) is 0. The predicted molar refractivity (Wildman–Crippen MR) is 83.8 cm³/mol. The Morgan fingerprint density at radius 2 is 1.91 bits per heavy atom. The van der Waals surface area contributed by atoms with Gasteiger partial charge in [0.05, 0.1) is 18.4 Å². The average Bonchev–Trinajstić information content (AvgIpc) is 2.54. The van der Waals surface area contributed by atoms with Crippen molar-refractivity contribution in [1.29, 1.82) is 0 Å². The first kappa shape index (κ1) is 15.4. The van der Waals surface area contributed by atoms with Crippen molar-refractivity contribution in [3.05, 3.63) is 59.7 Å². The normalized spacial score (nSPS) is 10.8. The number of halogens is 3. The van der Waals surface area contributed by atoms with Crippen molar-refractivity contribution in [3.63, 3.8) is 0 Å². The first-order valence-electron chi connectivity index (χ1n) is 6.65. The van der Waals surface area contributed by atoms with Crippen molar-refractivity contribution in [2.24, 2.45) is 0 Å². The quantitative estimate of drug-likeness (QED) is 0.659. The van der Waals surface area contributed by atoms with Crippen LogP contribution in [0.15, 0.2) is 42.5 Å². The average molecular weight is 334 g/mol. The van der Waals surface area contributed by atoms with Crippen LogP contribution in [0.3, 0.4) is 0 Å². The Bertz CT molecular complexity index is 928. The van der Waals surface area contributed by atoms with Gasteiger partial charge in [-0.1, -0.05) is 12.1 Å². The minimum Gasteiger partial charge on any atom is -0.496 e. The third-order valence-electron chi connectivity index (χ3n) is 3.46. The Hall–Kier alpha value is -2.53. The van der Waals surface area contributed by atoms with Crippen molar-refractivity contribution < 1.29 is 18.3 Å². The molecule has 0 saturated heterocycles. The van der Waals surface area contributed by atoms with Gasteiger partial charge in [0.1, 0.15) is 17.1 Å². The smallest absolute Gasteiger partial charge is 0.255 e. The molecule has 1 aromatic heterocycles. The molecule has 0 aliphatic rings. The standard InChI is InChI=1S/C17H10ClF2NO2/c1-23-14-8-13(9-4-2-3-5-12(9)19)21-16-10(14)6-7-11(15(16)20)17(18)22/h2-8H,1H3. The lowest BCUT2D eigenvalue weighted by Crippen LogP contribution is -2.00. The molecule has 23 heavy (non-hydrogen) atoms. The Kier molecular flexibility index (Phi) is 3.96. The maximum Gasteiger partial charge on any atom is 0.255 e. The number of hydrogen-bond acceptors (Lipinski definition) is 3. The molecule has 0 atom stereocenters. The highest BCUT2D eigenvalue weighted by atomic mass is 35.5. The number of aromatic nitrogens is 1. The highest BCUT2D eigenvalue weighted by Gasteiger charge is 2.18. The van der Waals surface area contributed by atoms with Crippen LogP contribution < -0.4 is 4.74 Å². The summed E-state index contributed by atoms with van der Waals surface area (Å²) in [5.74, 6) is -1.04. The molecule has 0 aliphatic carbocycles. The van der Waals surface area contributed by atoms with Crippen molar-refractivity contribution in [3.8, 4) is 17.0 Å². The fourth-order valence-corrected chi connectivity index (χ4v) is 2.50. The van der Waals surface area contributed by atoms with E-state index < -0.39 is 16.9 Å². The molecule has 0 fully saturated rings. The van der Waals surface area contributed by atoms with Gasteiger partial charge in [-0.15, -0.1) is 0 Å². The van der Waals surface area contributed by atoms with Crippen LogP contribution in [0.4, 0.5) is 8.78 Å². The molecule has 0 saturated carbocycles. The summed E-state index contributed by atoms with van der Waals surface area (Å²) in [6.45, 7) is 0. The van der Waals surface area contributed by atoms with E-state index in [1.54, 1.807) is 12.1 Å². The molecule has 0 radical (unpaired) electrons. The molecule has 0 amide bonds. The molecule has 0 bridgehead atoms. The number of carbonyl (C=O) groups is 1. The Labute approximate surface area is 135 Å². The Morgan fingerprint density at radius 1 is 1.17 bits per heavy atom. The monoisotopic (exact) mass is 333 g/mol. The molecular weight excluding hydrogens is 324 g/mol. The summed E-state index contributed by atoms with van der Waals surface area (Å²) in [4.78, 5) is 15.4. The van der Waals surface area contributed by atoms with E-state index in [-0.39, 0.29) is 22.3 Å². The maximum absolute atomic E-state index is 14.5. The van der Waals surface area contributed by atoms with Gasteiger partial charge in [0, 0.05) is 17.0 Å². The summed E-state index contributed by atoms with van der Waals surface area (Å²) in [6.07, 6.45) is 0. The first-order chi connectivity index (χ1) is 11.0. The van der Waals surface area contributed by atoms with E-state index in [2.05, 4.69) is 4.98 Å². The molecule has 0 unspecified atom stereocenters. The lowest BCUT2D eigenvalue weighted by molar-refractivity contribution is 0.107. The second-order valence-corrected chi connectivity index (χ2v) is 5.13. The zero-order valence-electron chi connectivity index (χ0n) is 11.9. The fourth-order valence-electron chi connectivity index (χ4n) is 2.35. The van der Waals surface area contributed by atoms with Crippen LogP contribution in [0, 0.1) is 11.6 Å². The molecule has 1 heterocycles. The highest BCUT2D eigenvalue weighted by Crippen LogP contribution is 2.33. The van der Waals surface area contributed by atoms with Crippen molar-refractivity contribution in [2.75, 3.05) is 7.11 Å². The summed E-state index contributed by atoms with van der Waals surface area (Å²) in [6, 6.07) is 10.3. The van der Waals surface area contributed by atoms with Crippen molar-refractivity contribution >= 4 is 27.7 Å². The second-order valence-electron chi connectivity index (χ2n) is 4.79. The van der Waals surface area contributed by atoms with E-state index >= 15 is 0 Å². The first-order valence-corrected chi connectivity index (χ1v) is 7.02. The predicted octanol–water partition coefficient (Wildman–Crippen LogP) is 4.57. The van der Waals surface area contributed by atoms with E-state index in [4.69, 9.17) is 16.3 Å². The molecule has 116 valence electrons. The summed E-state index contributed by atoms with van der Waals surface area (Å²) in [5.41, 5.74) is 0.00808. The summed E-state index contributed by atoms with van der Waals surface area (Å²) >= 11 is 5.37. The van der Waals surface area contributed by atoms with Crippen LogP contribution in [-0.4, -0.2) is 17.3 Å². The number of ether oxygens (including phenoxy) is 1. The molecule has 3 aromatic rings. The molecule has 2 aromatic carbocycles. The summed E-state index contributed by atoms with van der Waals surface area (Å²) in [7, 11) is 1.42. The SMILES string of the molecule is COc1cc(-c2ccccc2F)nc2c(F)c(C(=O)Cl)ccc12. The number of methoxy groups -OCH3 is 1. The van der Waals surface area contributed by atoms with Gasteiger partial charge in [-0.25, -0.2) is 13.8 Å². The zero-order valence-corrected chi connectivity index (χ0v) is 12.7. The highest BCUT2D eigenvalue weighted by molar-refractivity contribution is 6.67. The molecule has 3 rings (SSSR count). The number of carbonyl (C=O) groups excluding carboxylic acids is 1. The number of benzene rings is 2. The van der Waals surface area contributed by atoms with Gasteiger partial charge in [-0.05, 0) is 35.9 Å². The molecule has 0 N–H and O–H groups in total. The topological polar surface area (TPSA) is 39.2 Å². The van der Waals surface area contributed by atoms with Crippen LogP contribution in [0.5, 0.6) is 5.75 Å². The van der Waals surface area contributed by atoms with Gasteiger partial charge in [0.15, 0.2) is 5.82 Å². The van der Waals surface area contributed by atoms with Gasteiger partial charge in [0.2, 0.25) is 0 Å².